The predicted octanol–water partition coefficient (Wildman–Crippen LogP) is 2.85. The molecule has 0 fully saturated rings. The molecule has 12 heavy (non-hydrogen) atoms. The van der Waals surface area contributed by atoms with Gasteiger partial charge in [-0.1, -0.05) is 0 Å². The van der Waals surface area contributed by atoms with Crippen molar-refractivity contribution in [2.45, 2.75) is 12.4 Å². The van der Waals surface area contributed by atoms with Crippen molar-refractivity contribution in [3.8, 4) is 0 Å². The zero-order valence-electron chi connectivity index (χ0n) is 5.09. The van der Waals surface area contributed by atoms with E-state index < -0.39 is 23.9 Å². The maximum absolute atomic E-state index is 11.6. The van der Waals surface area contributed by atoms with Crippen LogP contribution in [0.1, 0.15) is 0 Å². The van der Waals surface area contributed by atoms with E-state index >= 15 is 0 Å². The quantitative estimate of drug-likeness (QED) is 0.468. The second-order valence-corrected chi connectivity index (χ2v) is 1.66. The summed E-state index contributed by atoms with van der Waals surface area (Å²) in [5, 5.41) is 7.65. The minimum absolute atomic E-state index is 3.27. The zero-order valence-corrected chi connectivity index (χ0v) is 5.09. The Labute approximate surface area is 61.1 Å². The van der Waals surface area contributed by atoms with Crippen molar-refractivity contribution in [3.05, 3.63) is 11.6 Å². The Kier molecular flexibility index (Phi) is 2.61. The molecule has 0 unspecified atom stereocenters. The first-order valence-electron chi connectivity index (χ1n) is 2.30. The molecule has 0 radical (unpaired) electrons. The number of allylic oxidation sites excluding steroid dienone is 2. The van der Waals surface area contributed by atoms with Gasteiger partial charge in [0.05, 0.1) is 0 Å². The minimum atomic E-state index is -5.82. The van der Waals surface area contributed by atoms with Gasteiger partial charge < -0.3 is 5.11 Å². The second-order valence-electron chi connectivity index (χ2n) is 1.66. The summed E-state index contributed by atoms with van der Waals surface area (Å²) in [6.45, 7) is 0. The summed E-state index contributed by atoms with van der Waals surface area (Å²) in [5.74, 6) is -6.81. The summed E-state index contributed by atoms with van der Waals surface area (Å²) in [6, 6.07) is 0. The topological polar surface area (TPSA) is 20.2 Å². The molecular weight excluding hydrogens is 197 g/mol. The lowest BCUT2D eigenvalue weighted by molar-refractivity contribution is -0.148. The van der Waals surface area contributed by atoms with E-state index in [4.69, 9.17) is 5.11 Å². The molecule has 0 atom stereocenters. The first-order valence-corrected chi connectivity index (χ1v) is 2.30. The van der Waals surface area contributed by atoms with Gasteiger partial charge in [0.2, 0.25) is 5.76 Å². The molecule has 0 aromatic carbocycles. The van der Waals surface area contributed by atoms with Crippen LogP contribution in [-0.2, 0) is 0 Å². The number of halogens is 7. The first kappa shape index (κ1) is 11.0. The summed E-state index contributed by atoms with van der Waals surface area (Å²) >= 11 is 0. The van der Waals surface area contributed by atoms with Gasteiger partial charge in [0, 0.05) is 0 Å². The van der Waals surface area contributed by atoms with E-state index in [0.29, 0.717) is 0 Å². The molecule has 0 saturated carbocycles. The van der Waals surface area contributed by atoms with E-state index in [1.165, 1.54) is 0 Å². The third-order valence-corrected chi connectivity index (χ3v) is 0.725. The number of hydrogen-bond donors (Lipinski definition) is 1. The van der Waals surface area contributed by atoms with Crippen LogP contribution < -0.4 is 0 Å². The van der Waals surface area contributed by atoms with Crippen LogP contribution in [0.3, 0.4) is 0 Å². The van der Waals surface area contributed by atoms with Gasteiger partial charge in [-0.3, -0.25) is 0 Å². The van der Waals surface area contributed by atoms with Gasteiger partial charge in [-0.15, -0.1) is 0 Å². The molecule has 0 aromatic heterocycles. The molecule has 1 nitrogen and oxygen atoms in total. The monoisotopic (exact) mass is 198 g/mol. The largest absolute Gasteiger partial charge is 0.502 e. The van der Waals surface area contributed by atoms with E-state index in [1.807, 2.05) is 0 Å². The fraction of sp³-hybridized carbons (Fsp3) is 0.500. The molecule has 1 N–H and O–H groups in total. The van der Waals surface area contributed by atoms with Gasteiger partial charge in [-0.05, 0) is 0 Å². The Morgan fingerprint density at radius 3 is 1.25 bits per heavy atom. The summed E-state index contributed by atoms with van der Waals surface area (Å²) < 4.78 is 78.5. The van der Waals surface area contributed by atoms with E-state index in [2.05, 4.69) is 0 Å². The van der Waals surface area contributed by atoms with Crippen LogP contribution in [0.5, 0.6) is 0 Å². The summed E-state index contributed by atoms with van der Waals surface area (Å²) in [5.41, 5.74) is 0. The van der Waals surface area contributed by atoms with E-state index in [0.717, 1.165) is 0 Å². The molecule has 8 heteroatoms. The van der Waals surface area contributed by atoms with Crippen LogP contribution in [0.25, 0.3) is 0 Å². The van der Waals surface area contributed by atoms with Gasteiger partial charge in [0.1, 0.15) is 0 Å². The lowest BCUT2D eigenvalue weighted by atomic mass is 10.4. The fourth-order valence-corrected chi connectivity index (χ4v) is 0.259. The summed E-state index contributed by atoms with van der Waals surface area (Å²) in [6.07, 6.45) is -11.5. The highest BCUT2D eigenvalue weighted by molar-refractivity contribution is 5.09. The lowest BCUT2D eigenvalue weighted by Gasteiger charge is -2.08. The number of rotatable bonds is 0. The van der Waals surface area contributed by atoms with Crippen LogP contribution in [-0.4, -0.2) is 17.5 Å². The molecule has 0 amide bonds. The SMILES string of the molecule is O/C(=C(\F)C(F)(F)F)C(F)(F)F. The highest BCUT2D eigenvalue weighted by Gasteiger charge is 2.47. The van der Waals surface area contributed by atoms with Crippen molar-refractivity contribution in [1.82, 2.24) is 0 Å². The first-order chi connectivity index (χ1) is 5.07. The number of aliphatic hydroxyl groups is 1. The van der Waals surface area contributed by atoms with Crippen LogP contribution in [0.2, 0.25) is 0 Å². The van der Waals surface area contributed by atoms with Crippen molar-refractivity contribution >= 4 is 0 Å². The smallest absolute Gasteiger partial charge is 0.451 e. The number of aliphatic hydroxyl groups excluding tert-OH is 1. The molecule has 0 heterocycles. The molecule has 0 bridgehead atoms. The van der Waals surface area contributed by atoms with E-state index in [-0.39, 0.29) is 0 Å². The van der Waals surface area contributed by atoms with Crippen LogP contribution in [0.4, 0.5) is 30.7 Å². The van der Waals surface area contributed by atoms with Gasteiger partial charge in [-0.2, -0.15) is 30.7 Å². The number of alkyl halides is 6. The van der Waals surface area contributed by atoms with Crippen molar-refractivity contribution in [2.75, 3.05) is 0 Å². The average Bonchev–Trinajstić information content (AvgIpc) is 1.80. The van der Waals surface area contributed by atoms with Crippen LogP contribution >= 0.6 is 0 Å². The summed E-state index contributed by atoms with van der Waals surface area (Å²) in [7, 11) is 0. The molecule has 0 rings (SSSR count). The highest BCUT2D eigenvalue weighted by atomic mass is 19.4. The van der Waals surface area contributed by atoms with Crippen molar-refractivity contribution in [1.29, 1.82) is 0 Å². The molecule has 0 aliphatic heterocycles. The molecule has 0 saturated heterocycles. The third kappa shape index (κ3) is 2.59. The molecule has 0 aliphatic carbocycles. The standard InChI is InChI=1S/C4HF7O/c5-1(3(6,7)8)2(12)4(9,10)11/h12H/b2-1-. The Hall–Kier alpha value is -0.950. The minimum Gasteiger partial charge on any atom is -0.502 e. The normalized spacial score (nSPS) is 15.9. The maximum Gasteiger partial charge on any atom is 0.451 e. The van der Waals surface area contributed by atoms with Gasteiger partial charge in [-0.25, -0.2) is 0 Å². The van der Waals surface area contributed by atoms with Crippen molar-refractivity contribution in [3.63, 3.8) is 0 Å². The van der Waals surface area contributed by atoms with Gasteiger partial charge >= 0.3 is 12.4 Å². The average molecular weight is 198 g/mol. The Morgan fingerprint density at radius 1 is 0.833 bits per heavy atom. The Morgan fingerprint density at radius 2 is 1.17 bits per heavy atom. The molecule has 0 spiro atoms. The third-order valence-electron chi connectivity index (χ3n) is 0.725. The fourth-order valence-electron chi connectivity index (χ4n) is 0.259. The van der Waals surface area contributed by atoms with Crippen molar-refractivity contribution in [2.24, 2.45) is 0 Å². The van der Waals surface area contributed by atoms with E-state index in [9.17, 15) is 30.7 Å². The lowest BCUT2D eigenvalue weighted by Crippen LogP contribution is -2.19. The van der Waals surface area contributed by atoms with Crippen LogP contribution in [0.15, 0.2) is 11.6 Å². The molecule has 72 valence electrons. The van der Waals surface area contributed by atoms with E-state index in [1.54, 1.807) is 0 Å². The van der Waals surface area contributed by atoms with Crippen molar-refractivity contribution < 1.29 is 35.8 Å². The molecular formula is C4HF7O. The molecule has 0 aromatic rings. The highest BCUT2D eigenvalue weighted by Crippen LogP contribution is 2.35. The van der Waals surface area contributed by atoms with Gasteiger partial charge in [0.25, 0.3) is 5.83 Å². The Bertz CT molecular complexity index is 174. The maximum atomic E-state index is 11.6. The summed E-state index contributed by atoms with van der Waals surface area (Å²) in [4.78, 5) is 0. The second kappa shape index (κ2) is 2.83. The Balaban J connectivity index is 4.96. The van der Waals surface area contributed by atoms with Gasteiger partial charge in [0.15, 0.2) is 0 Å². The van der Waals surface area contributed by atoms with Crippen LogP contribution in [0, 0.1) is 0 Å². The number of hydrogen-bond acceptors (Lipinski definition) is 1. The molecule has 0 aliphatic rings. The zero-order chi connectivity index (χ0) is 10.2. The predicted molar refractivity (Wildman–Crippen MR) is 22.9 cm³/mol.